The smallest absolute Gasteiger partial charge is 0.253 e. The molecular formula is C18H28ClN3O2. The zero-order valence-corrected chi connectivity index (χ0v) is 15.6. The molecule has 1 saturated heterocycles. The molecule has 0 bridgehead atoms. The van der Waals surface area contributed by atoms with Gasteiger partial charge in [-0.05, 0) is 59.2 Å². The Morgan fingerprint density at radius 2 is 1.88 bits per heavy atom. The third-order valence-corrected chi connectivity index (χ3v) is 3.91. The highest BCUT2D eigenvalue weighted by Gasteiger charge is 2.26. The third-order valence-electron chi connectivity index (χ3n) is 3.91. The summed E-state index contributed by atoms with van der Waals surface area (Å²) in [7, 11) is 0. The summed E-state index contributed by atoms with van der Waals surface area (Å²) in [5.41, 5.74) is 0.752. The van der Waals surface area contributed by atoms with Gasteiger partial charge in [0.15, 0.2) is 0 Å². The summed E-state index contributed by atoms with van der Waals surface area (Å²) in [6, 6.07) is 7.50. The summed E-state index contributed by atoms with van der Waals surface area (Å²) < 4.78 is 0. The van der Waals surface area contributed by atoms with Crippen LogP contribution < -0.4 is 16.0 Å². The number of hydrogen-bond acceptors (Lipinski definition) is 3. The van der Waals surface area contributed by atoms with Gasteiger partial charge < -0.3 is 16.0 Å². The van der Waals surface area contributed by atoms with Crippen LogP contribution in [0, 0.1) is 5.92 Å². The molecule has 6 heteroatoms. The largest absolute Gasteiger partial charge is 0.347 e. The van der Waals surface area contributed by atoms with Crippen LogP contribution in [0.2, 0.25) is 0 Å². The number of rotatable bonds is 3. The second-order valence-corrected chi connectivity index (χ2v) is 7.32. The monoisotopic (exact) mass is 353 g/mol. The zero-order valence-electron chi connectivity index (χ0n) is 14.8. The summed E-state index contributed by atoms with van der Waals surface area (Å²) >= 11 is 0. The molecule has 0 radical (unpaired) electrons. The summed E-state index contributed by atoms with van der Waals surface area (Å²) in [5, 5.41) is 9.22. The second-order valence-electron chi connectivity index (χ2n) is 7.32. The van der Waals surface area contributed by atoms with Crippen LogP contribution in [-0.4, -0.2) is 29.9 Å². The van der Waals surface area contributed by atoms with Gasteiger partial charge in [0.25, 0.3) is 5.91 Å². The average Bonchev–Trinajstić information content (AvgIpc) is 2.46. The van der Waals surface area contributed by atoms with Crippen molar-refractivity contribution in [1.29, 1.82) is 0 Å². The van der Waals surface area contributed by atoms with Crippen LogP contribution in [0.5, 0.6) is 0 Å². The highest BCUT2D eigenvalue weighted by Crippen LogP contribution is 2.21. The molecule has 134 valence electrons. The number of hydrogen-bond donors (Lipinski definition) is 3. The minimum atomic E-state index is -0.321. The number of carbonyl (C=O) groups is 2. The molecule has 0 saturated carbocycles. The van der Waals surface area contributed by atoms with Crippen molar-refractivity contribution in [3.05, 3.63) is 29.8 Å². The Labute approximate surface area is 150 Å². The van der Waals surface area contributed by atoms with E-state index >= 15 is 0 Å². The lowest BCUT2D eigenvalue weighted by Crippen LogP contribution is -2.42. The number of anilines is 1. The van der Waals surface area contributed by atoms with Crippen LogP contribution >= 0.6 is 12.4 Å². The number of halogens is 1. The van der Waals surface area contributed by atoms with Gasteiger partial charge in [-0.2, -0.15) is 0 Å². The van der Waals surface area contributed by atoms with E-state index in [1.165, 1.54) is 0 Å². The first kappa shape index (κ1) is 20.5. The predicted octanol–water partition coefficient (Wildman–Crippen LogP) is 2.96. The Balaban J connectivity index is 0.00000288. The molecular weight excluding hydrogens is 326 g/mol. The minimum absolute atomic E-state index is 0. The lowest BCUT2D eigenvalue weighted by atomic mass is 9.92. The molecule has 2 rings (SSSR count). The Bertz CT molecular complexity index is 584. The van der Waals surface area contributed by atoms with Crippen molar-refractivity contribution in [2.75, 3.05) is 11.9 Å². The van der Waals surface area contributed by atoms with Crippen molar-refractivity contribution in [3.63, 3.8) is 0 Å². The fourth-order valence-corrected chi connectivity index (χ4v) is 2.80. The first-order chi connectivity index (χ1) is 10.8. The van der Waals surface area contributed by atoms with Gasteiger partial charge in [0.05, 0.1) is 11.3 Å². The molecule has 1 heterocycles. The molecule has 0 unspecified atom stereocenters. The zero-order chi connectivity index (χ0) is 17.0. The van der Waals surface area contributed by atoms with Crippen LogP contribution in [0.1, 0.15) is 50.9 Å². The second kappa shape index (κ2) is 8.49. The van der Waals surface area contributed by atoms with Gasteiger partial charge in [0.1, 0.15) is 0 Å². The highest BCUT2D eigenvalue weighted by molar-refractivity contribution is 6.04. The van der Waals surface area contributed by atoms with E-state index in [9.17, 15) is 9.59 Å². The van der Waals surface area contributed by atoms with Gasteiger partial charge >= 0.3 is 0 Å². The van der Waals surface area contributed by atoms with Crippen molar-refractivity contribution in [2.24, 2.45) is 5.92 Å². The summed E-state index contributed by atoms with van der Waals surface area (Å²) in [5.74, 6) is -0.188. The first-order valence-electron chi connectivity index (χ1n) is 8.22. The molecule has 0 spiro atoms. The van der Waals surface area contributed by atoms with Gasteiger partial charge in [-0.15, -0.1) is 12.4 Å². The number of amides is 2. The van der Waals surface area contributed by atoms with E-state index in [1.807, 2.05) is 26.8 Å². The van der Waals surface area contributed by atoms with Gasteiger partial charge in [0, 0.05) is 17.5 Å². The topological polar surface area (TPSA) is 70.2 Å². The fraction of sp³-hybridized carbons (Fsp3) is 0.556. The summed E-state index contributed by atoms with van der Waals surface area (Å²) in [4.78, 5) is 24.9. The predicted molar refractivity (Wildman–Crippen MR) is 99.7 cm³/mol. The van der Waals surface area contributed by atoms with E-state index in [0.29, 0.717) is 17.3 Å². The van der Waals surface area contributed by atoms with Crippen LogP contribution in [0.4, 0.5) is 5.69 Å². The van der Waals surface area contributed by atoms with Gasteiger partial charge in [-0.3, -0.25) is 9.59 Å². The average molecular weight is 354 g/mol. The Kier molecular flexibility index (Phi) is 7.24. The van der Waals surface area contributed by atoms with Crippen molar-refractivity contribution in [3.8, 4) is 0 Å². The van der Waals surface area contributed by atoms with Crippen LogP contribution in [0.3, 0.4) is 0 Å². The molecule has 2 atom stereocenters. The van der Waals surface area contributed by atoms with Crippen molar-refractivity contribution < 1.29 is 9.59 Å². The van der Waals surface area contributed by atoms with Crippen LogP contribution in [-0.2, 0) is 4.79 Å². The molecule has 1 fully saturated rings. The normalized spacial score (nSPS) is 20.7. The summed E-state index contributed by atoms with van der Waals surface area (Å²) in [6.45, 7) is 8.74. The molecule has 1 aliphatic rings. The Morgan fingerprint density at radius 3 is 2.50 bits per heavy atom. The highest BCUT2D eigenvalue weighted by atomic mass is 35.5. The van der Waals surface area contributed by atoms with Crippen LogP contribution in [0.25, 0.3) is 0 Å². The molecule has 1 aromatic rings. The number of piperidine rings is 1. The van der Waals surface area contributed by atoms with Crippen LogP contribution in [0.15, 0.2) is 24.3 Å². The van der Waals surface area contributed by atoms with Crippen molar-refractivity contribution in [1.82, 2.24) is 10.6 Å². The molecule has 1 aliphatic heterocycles. The lowest BCUT2D eigenvalue weighted by molar-refractivity contribution is -0.120. The lowest BCUT2D eigenvalue weighted by Gasteiger charge is -2.27. The van der Waals surface area contributed by atoms with Gasteiger partial charge in [0.2, 0.25) is 5.91 Å². The van der Waals surface area contributed by atoms with E-state index in [-0.39, 0.29) is 35.7 Å². The van der Waals surface area contributed by atoms with E-state index in [1.54, 1.807) is 18.2 Å². The van der Waals surface area contributed by atoms with Crippen molar-refractivity contribution >= 4 is 29.9 Å². The maximum atomic E-state index is 12.5. The standard InChI is InChI=1S/C18H27N3O2.ClH/c1-12-11-13(9-10-19-12)16(22)20-15-8-6-5-7-14(15)17(23)21-18(2,3)4;/h5-8,12-13,19H,9-11H2,1-4H3,(H,20,22)(H,21,23);1H/t12-,13-;/m0./s1. The molecule has 24 heavy (non-hydrogen) atoms. The van der Waals surface area contributed by atoms with Crippen molar-refractivity contribution in [2.45, 2.75) is 52.1 Å². The van der Waals surface area contributed by atoms with E-state index in [4.69, 9.17) is 0 Å². The maximum absolute atomic E-state index is 12.5. The number of nitrogens with one attached hydrogen (secondary N) is 3. The number of para-hydroxylation sites is 1. The molecule has 0 aliphatic carbocycles. The van der Waals surface area contributed by atoms with E-state index in [0.717, 1.165) is 19.4 Å². The molecule has 5 nitrogen and oxygen atoms in total. The fourth-order valence-electron chi connectivity index (χ4n) is 2.80. The maximum Gasteiger partial charge on any atom is 0.253 e. The molecule has 2 amide bonds. The minimum Gasteiger partial charge on any atom is -0.347 e. The molecule has 0 aromatic heterocycles. The number of carbonyl (C=O) groups excluding carboxylic acids is 2. The molecule has 1 aromatic carbocycles. The molecule has 3 N–H and O–H groups in total. The van der Waals surface area contributed by atoms with Gasteiger partial charge in [-0.1, -0.05) is 12.1 Å². The SMILES string of the molecule is C[C@H]1C[C@@H](C(=O)Nc2ccccc2C(=O)NC(C)(C)C)CCN1.Cl. The summed E-state index contributed by atoms with van der Waals surface area (Å²) in [6.07, 6.45) is 1.65. The van der Waals surface area contributed by atoms with E-state index < -0.39 is 0 Å². The first-order valence-corrected chi connectivity index (χ1v) is 8.22. The third kappa shape index (κ3) is 5.80. The Morgan fingerprint density at radius 1 is 1.21 bits per heavy atom. The Hall–Kier alpha value is -1.59. The van der Waals surface area contributed by atoms with E-state index in [2.05, 4.69) is 22.9 Å². The van der Waals surface area contributed by atoms with Gasteiger partial charge in [-0.25, -0.2) is 0 Å². The number of benzene rings is 1. The quantitative estimate of drug-likeness (QED) is 0.782.